The van der Waals surface area contributed by atoms with E-state index in [0.29, 0.717) is 22.1 Å². The minimum atomic E-state index is -0.480. The van der Waals surface area contributed by atoms with E-state index in [0.717, 1.165) is 5.56 Å². The zero-order valence-electron chi connectivity index (χ0n) is 11.7. The first-order valence-electron chi connectivity index (χ1n) is 6.54. The highest BCUT2D eigenvalue weighted by atomic mass is 16.4. The molecule has 21 heavy (non-hydrogen) atoms. The Hall–Kier alpha value is -2.75. The molecule has 1 aromatic heterocycles. The summed E-state index contributed by atoms with van der Waals surface area (Å²) >= 11 is 0. The molecule has 2 N–H and O–H groups in total. The Balaban J connectivity index is 2.34. The average Bonchev–Trinajstić information content (AvgIpc) is 2.45. The molecule has 0 aliphatic carbocycles. The van der Waals surface area contributed by atoms with Crippen LogP contribution in [-0.2, 0) is 0 Å². The minimum absolute atomic E-state index is 0.0633. The summed E-state index contributed by atoms with van der Waals surface area (Å²) in [7, 11) is 0. The van der Waals surface area contributed by atoms with E-state index in [-0.39, 0.29) is 11.5 Å². The van der Waals surface area contributed by atoms with Gasteiger partial charge in [-0.05, 0) is 43.2 Å². The molecule has 4 heteroatoms. The van der Waals surface area contributed by atoms with Crippen LogP contribution in [0.5, 0.6) is 11.5 Å². The fraction of sp³-hybridized carbons (Fsp3) is 0.118. The van der Waals surface area contributed by atoms with E-state index < -0.39 is 11.2 Å². The molecule has 4 nitrogen and oxygen atoms in total. The van der Waals surface area contributed by atoms with Crippen LogP contribution in [0.15, 0.2) is 45.6 Å². The normalized spacial score (nSPS) is 11.0. The number of rotatable bonds is 1. The zero-order valence-corrected chi connectivity index (χ0v) is 11.7. The second-order valence-electron chi connectivity index (χ2n) is 5.11. The lowest BCUT2D eigenvalue weighted by molar-refractivity contribution is 0.448. The van der Waals surface area contributed by atoms with E-state index in [1.807, 2.05) is 6.92 Å². The van der Waals surface area contributed by atoms with Crippen molar-refractivity contribution < 1.29 is 14.6 Å². The highest BCUT2D eigenvalue weighted by molar-refractivity contribution is 5.82. The van der Waals surface area contributed by atoms with Crippen molar-refractivity contribution in [2.75, 3.05) is 0 Å². The van der Waals surface area contributed by atoms with Crippen molar-refractivity contribution >= 4 is 11.0 Å². The van der Waals surface area contributed by atoms with E-state index in [1.165, 1.54) is 6.07 Å². The van der Waals surface area contributed by atoms with Gasteiger partial charge in [-0.25, -0.2) is 0 Å². The molecule has 0 saturated carbocycles. The van der Waals surface area contributed by atoms with Crippen LogP contribution in [0.1, 0.15) is 11.1 Å². The van der Waals surface area contributed by atoms with Crippen molar-refractivity contribution in [3.05, 3.63) is 57.7 Å². The Bertz CT molecular complexity index is 907. The van der Waals surface area contributed by atoms with Gasteiger partial charge in [0.2, 0.25) is 11.2 Å². The second kappa shape index (κ2) is 4.66. The molecule has 3 aromatic rings. The third-order valence-electron chi connectivity index (χ3n) is 3.50. The Morgan fingerprint density at radius 3 is 2.48 bits per heavy atom. The van der Waals surface area contributed by atoms with Crippen molar-refractivity contribution in [2.24, 2.45) is 0 Å². The lowest BCUT2D eigenvalue weighted by atomic mass is 10.1. The molecule has 0 spiro atoms. The Morgan fingerprint density at radius 1 is 1.00 bits per heavy atom. The van der Waals surface area contributed by atoms with Crippen molar-refractivity contribution in [3.8, 4) is 22.8 Å². The predicted octanol–water partition coefficient (Wildman–Crippen LogP) is 3.49. The molecule has 0 atom stereocenters. The molecule has 0 fully saturated rings. The van der Waals surface area contributed by atoms with Gasteiger partial charge in [0, 0.05) is 5.56 Å². The van der Waals surface area contributed by atoms with Gasteiger partial charge in [0.25, 0.3) is 0 Å². The summed E-state index contributed by atoms with van der Waals surface area (Å²) < 4.78 is 5.67. The number of hydrogen-bond acceptors (Lipinski definition) is 4. The van der Waals surface area contributed by atoms with Crippen LogP contribution in [0.25, 0.3) is 22.3 Å². The standard InChI is InChI=1S/C17H14O4/c1-9-3-6-12-14(7-9)21-17(16(20)15(12)19)11-5-4-10(2)13(18)8-11/h3-8,18,20H,1-2H3. The summed E-state index contributed by atoms with van der Waals surface area (Å²) in [5.74, 6) is -0.304. The topological polar surface area (TPSA) is 70.7 Å². The second-order valence-corrected chi connectivity index (χ2v) is 5.11. The lowest BCUT2D eigenvalue weighted by Crippen LogP contribution is -2.02. The molecule has 3 rings (SSSR count). The van der Waals surface area contributed by atoms with E-state index in [4.69, 9.17) is 4.42 Å². The number of hydrogen-bond donors (Lipinski definition) is 2. The summed E-state index contributed by atoms with van der Waals surface area (Å²) in [4.78, 5) is 12.2. The van der Waals surface area contributed by atoms with Gasteiger partial charge in [0.05, 0.1) is 5.39 Å². The van der Waals surface area contributed by atoms with Crippen LogP contribution in [0.4, 0.5) is 0 Å². The highest BCUT2D eigenvalue weighted by Crippen LogP contribution is 2.32. The van der Waals surface area contributed by atoms with E-state index in [2.05, 4.69) is 0 Å². The summed E-state index contributed by atoms with van der Waals surface area (Å²) in [5.41, 5.74) is 2.04. The van der Waals surface area contributed by atoms with E-state index in [9.17, 15) is 15.0 Å². The first-order chi connectivity index (χ1) is 9.97. The molecule has 0 aliphatic heterocycles. The van der Waals surface area contributed by atoms with Gasteiger partial charge >= 0.3 is 0 Å². The first-order valence-corrected chi connectivity index (χ1v) is 6.54. The molecule has 1 heterocycles. The predicted molar refractivity (Wildman–Crippen MR) is 80.7 cm³/mol. The molecule has 0 bridgehead atoms. The summed E-state index contributed by atoms with van der Waals surface area (Å²) in [6.07, 6.45) is 0. The Kier molecular flexibility index (Phi) is 2.94. The Morgan fingerprint density at radius 2 is 1.76 bits per heavy atom. The van der Waals surface area contributed by atoms with Crippen LogP contribution in [0.2, 0.25) is 0 Å². The van der Waals surface area contributed by atoms with Gasteiger partial charge in [-0.3, -0.25) is 4.79 Å². The minimum Gasteiger partial charge on any atom is -0.508 e. The first kappa shape index (κ1) is 13.2. The third kappa shape index (κ3) is 2.14. The monoisotopic (exact) mass is 282 g/mol. The molecule has 0 aliphatic rings. The summed E-state index contributed by atoms with van der Waals surface area (Å²) in [5, 5.41) is 20.2. The fourth-order valence-corrected chi connectivity index (χ4v) is 2.24. The van der Waals surface area contributed by atoms with Gasteiger partial charge in [-0.2, -0.15) is 0 Å². The Labute approximate surface area is 120 Å². The quantitative estimate of drug-likeness (QED) is 0.716. The summed E-state index contributed by atoms with van der Waals surface area (Å²) in [6.45, 7) is 3.66. The number of aromatic hydroxyl groups is 2. The maximum Gasteiger partial charge on any atom is 0.235 e. The maximum absolute atomic E-state index is 12.2. The summed E-state index contributed by atoms with van der Waals surface area (Å²) in [6, 6.07) is 10.0. The molecule has 0 unspecified atom stereocenters. The SMILES string of the molecule is Cc1ccc2c(=O)c(O)c(-c3ccc(C)c(O)c3)oc2c1. The van der Waals surface area contributed by atoms with Crippen molar-refractivity contribution in [1.82, 2.24) is 0 Å². The molecule has 2 aromatic carbocycles. The van der Waals surface area contributed by atoms with Crippen LogP contribution < -0.4 is 5.43 Å². The van der Waals surface area contributed by atoms with Gasteiger partial charge in [-0.1, -0.05) is 18.2 Å². The third-order valence-corrected chi connectivity index (χ3v) is 3.50. The van der Waals surface area contributed by atoms with E-state index >= 15 is 0 Å². The van der Waals surface area contributed by atoms with Crippen LogP contribution in [0, 0.1) is 13.8 Å². The van der Waals surface area contributed by atoms with Crippen molar-refractivity contribution in [2.45, 2.75) is 13.8 Å². The molecular weight excluding hydrogens is 268 g/mol. The molecule has 106 valence electrons. The lowest BCUT2D eigenvalue weighted by Gasteiger charge is -2.08. The largest absolute Gasteiger partial charge is 0.508 e. The number of phenolic OH excluding ortho intramolecular Hbond substituents is 1. The van der Waals surface area contributed by atoms with Crippen molar-refractivity contribution in [1.29, 1.82) is 0 Å². The zero-order chi connectivity index (χ0) is 15.1. The number of phenols is 1. The van der Waals surface area contributed by atoms with Gasteiger partial charge in [0.1, 0.15) is 11.3 Å². The van der Waals surface area contributed by atoms with Crippen LogP contribution in [0.3, 0.4) is 0 Å². The average molecular weight is 282 g/mol. The van der Waals surface area contributed by atoms with E-state index in [1.54, 1.807) is 37.3 Å². The van der Waals surface area contributed by atoms with Gasteiger partial charge in [-0.15, -0.1) is 0 Å². The number of benzene rings is 2. The van der Waals surface area contributed by atoms with Crippen LogP contribution >= 0.6 is 0 Å². The smallest absolute Gasteiger partial charge is 0.235 e. The molecule has 0 radical (unpaired) electrons. The molecule has 0 saturated heterocycles. The van der Waals surface area contributed by atoms with Gasteiger partial charge in [0.15, 0.2) is 5.76 Å². The number of fused-ring (bicyclic) bond motifs is 1. The molecular formula is C17H14O4. The fourth-order valence-electron chi connectivity index (χ4n) is 2.24. The van der Waals surface area contributed by atoms with Gasteiger partial charge < -0.3 is 14.6 Å². The molecule has 0 amide bonds. The highest BCUT2D eigenvalue weighted by Gasteiger charge is 2.16. The van der Waals surface area contributed by atoms with Crippen molar-refractivity contribution in [3.63, 3.8) is 0 Å². The maximum atomic E-state index is 12.2. The van der Waals surface area contributed by atoms with Crippen LogP contribution in [-0.4, -0.2) is 10.2 Å². The number of aryl methyl sites for hydroxylation is 2.